The number of ether oxygens (including phenoxy) is 1. The maximum absolute atomic E-state index is 10.2. The number of benzene rings is 1. The normalized spacial score (nSPS) is 9.60. The summed E-state index contributed by atoms with van der Waals surface area (Å²) in [4.78, 5) is 10.2. The molecule has 0 heterocycles. The van der Waals surface area contributed by atoms with Crippen molar-refractivity contribution in [3.05, 3.63) is 92.1 Å². The number of hydrogen-bond donors (Lipinski definition) is 0. The summed E-state index contributed by atoms with van der Waals surface area (Å²) in [5.74, 6) is -0.412. The number of allylic oxidation sites excluding steroid dienone is 4. The van der Waals surface area contributed by atoms with Crippen LogP contribution >= 0.6 is 0 Å². The van der Waals surface area contributed by atoms with E-state index in [1.807, 2.05) is 36.4 Å². The van der Waals surface area contributed by atoms with Crippen molar-refractivity contribution in [2.75, 3.05) is 6.61 Å². The maximum Gasteiger partial charge on any atom is 0.330 e. The molecule has 0 saturated carbocycles. The lowest BCUT2D eigenvalue weighted by Crippen LogP contribution is -1.98. The second kappa shape index (κ2) is 12.8. The molecule has 0 fully saturated rings. The fourth-order valence-corrected chi connectivity index (χ4v) is 1.07. The van der Waals surface area contributed by atoms with Gasteiger partial charge >= 0.3 is 5.97 Å². The van der Waals surface area contributed by atoms with E-state index in [-0.39, 0.29) is 6.61 Å². The van der Waals surface area contributed by atoms with Crippen molar-refractivity contribution in [1.82, 2.24) is 0 Å². The van der Waals surface area contributed by atoms with E-state index in [2.05, 4.69) is 42.7 Å². The molecule has 1 aromatic carbocycles. The van der Waals surface area contributed by atoms with Crippen molar-refractivity contribution >= 4 is 12.0 Å². The first-order chi connectivity index (χ1) is 9.74. The SMILES string of the molecule is C=CC=CC=Cc1ccccc1.C=CCOC(=O)C=C. The third-order valence-electron chi connectivity index (χ3n) is 1.96. The average molecular weight is 268 g/mol. The lowest BCUT2D eigenvalue weighted by Gasteiger charge is -1.92. The predicted octanol–water partition coefficient (Wildman–Crippen LogP) is 4.34. The van der Waals surface area contributed by atoms with Gasteiger partial charge in [-0.25, -0.2) is 4.79 Å². The quantitative estimate of drug-likeness (QED) is 0.332. The van der Waals surface area contributed by atoms with Crippen LogP contribution in [0.1, 0.15) is 5.56 Å². The van der Waals surface area contributed by atoms with Crippen LogP contribution in [-0.4, -0.2) is 12.6 Å². The van der Waals surface area contributed by atoms with Crippen molar-refractivity contribution in [2.24, 2.45) is 0 Å². The molecular weight excluding hydrogens is 248 g/mol. The van der Waals surface area contributed by atoms with Gasteiger partial charge in [-0.1, -0.05) is 86.5 Å². The molecule has 2 nitrogen and oxygen atoms in total. The standard InChI is InChI=1S/C12H12.C6H8O2/c1-2-3-4-6-9-12-10-7-5-8-11-12;1-3-5-8-6(7)4-2/h2-11H,1H2;3-4H,1-2,5H2. The minimum atomic E-state index is -0.412. The molecule has 0 radical (unpaired) electrons. The van der Waals surface area contributed by atoms with Crippen LogP contribution < -0.4 is 0 Å². The lowest BCUT2D eigenvalue weighted by molar-refractivity contribution is -0.136. The van der Waals surface area contributed by atoms with Gasteiger partial charge in [0.15, 0.2) is 0 Å². The zero-order chi connectivity index (χ0) is 15.1. The summed E-state index contributed by atoms with van der Waals surface area (Å²) >= 11 is 0. The van der Waals surface area contributed by atoms with Crippen LogP contribution in [0.5, 0.6) is 0 Å². The molecule has 2 heteroatoms. The topological polar surface area (TPSA) is 26.3 Å². The monoisotopic (exact) mass is 268 g/mol. The van der Waals surface area contributed by atoms with Gasteiger partial charge in [-0.2, -0.15) is 0 Å². The van der Waals surface area contributed by atoms with Gasteiger partial charge in [-0.3, -0.25) is 0 Å². The molecule has 104 valence electrons. The molecule has 0 bridgehead atoms. The van der Waals surface area contributed by atoms with Crippen molar-refractivity contribution in [1.29, 1.82) is 0 Å². The van der Waals surface area contributed by atoms with Crippen LogP contribution in [0, 0.1) is 0 Å². The van der Waals surface area contributed by atoms with Gasteiger partial charge in [0.25, 0.3) is 0 Å². The second-order valence-corrected chi connectivity index (χ2v) is 3.51. The molecule has 20 heavy (non-hydrogen) atoms. The van der Waals surface area contributed by atoms with Gasteiger partial charge in [-0.05, 0) is 5.56 Å². The van der Waals surface area contributed by atoms with E-state index in [9.17, 15) is 4.79 Å². The van der Waals surface area contributed by atoms with Crippen molar-refractivity contribution in [3.63, 3.8) is 0 Å². The number of hydrogen-bond acceptors (Lipinski definition) is 2. The number of carbonyl (C=O) groups is 1. The first kappa shape index (κ1) is 17.4. The van der Waals surface area contributed by atoms with E-state index in [1.54, 1.807) is 6.08 Å². The Morgan fingerprint density at radius 2 is 1.75 bits per heavy atom. The van der Waals surface area contributed by atoms with Crippen LogP contribution in [0.25, 0.3) is 6.08 Å². The van der Waals surface area contributed by atoms with Crippen LogP contribution in [-0.2, 0) is 9.53 Å². The zero-order valence-electron chi connectivity index (χ0n) is 11.6. The third kappa shape index (κ3) is 10.5. The summed E-state index contributed by atoms with van der Waals surface area (Å²) < 4.78 is 4.47. The molecule has 0 aliphatic rings. The highest BCUT2D eigenvalue weighted by Crippen LogP contribution is 2.00. The minimum absolute atomic E-state index is 0.255. The average Bonchev–Trinajstić information content (AvgIpc) is 2.51. The number of rotatable bonds is 6. The summed E-state index contributed by atoms with van der Waals surface area (Å²) in [6.07, 6.45) is 12.3. The van der Waals surface area contributed by atoms with Crippen molar-refractivity contribution in [3.8, 4) is 0 Å². The third-order valence-corrected chi connectivity index (χ3v) is 1.96. The maximum atomic E-state index is 10.2. The Kier molecular flexibility index (Phi) is 11.2. The highest BCUT2D eigenvalue weighted by atomic mass is 16.5. The molecular formula is C18H20O2. The Morgan fingerprint density at radius 1 is 1.05 bits per heavy atom. The van der Waals surface area contributed by atoms with Gasteiger partial charge in [0.2, 0.25) is 0 Å². The Morgan fingerprint density at radius 3 is 2.30 bits per heavy atom. The fourth-order valence-electron chi connectivity index (χ4n) is 1.07. The lowest BCUT2D eigenvalue weighted by atomic mass is 10.2. The highest BCUT2D eigenvalue weighted by molar-refractivity contribution is 5.81. The first-order valence-electron chi connectivity index (χ1n) is 6.15. The first-order valence-corrected chi connectivity index (χ1v) is 6.15. The van der Waals surface area contributed by atoms with Crippen molar-refractivity contribution in [2.45, 2.75) is 0 Å². The second-order valence-electron chi connectivity index (χ2n) is 3.51. The molecule has 0 aliphatic heterocycles. The Labute approximate surface area is 121 Å². The van der Waals surface area contributed by atoms with Gasteiger partial charge in [0.05, 0.1) is 0 Å². The molecule has 0 atom stereocenters. The van der Waals surface area contributed by atoms with Crippen LogP contribution in [0.3, 0.4) is 0 Å². The van der Waals surface area contributed by atoms with E-state index in [0.29, 0.717) is 0 Å². The van der Waals surface area contributed by atoms with Gasteiger partial charge in [0, 0.05) is 6.08 Å². The van der Waals surface area contributed by atoms with Gasteiger partial charge in [0.1, 0.15) is 6.61 Å². The van der Waals surface area contributed by atoms with Crippen molar-refractivity contribution < 1.29 is 9.53 Å². The molecule has 0 aromatic heterocycles. The number of esters is 1. The van der Waals surface area contributed by atoms with Crippen LogP contribution in [0.2, 0.25) is 0 Å². The zero-order valence-corrected chi connectivity index (χ0v) is 11.6. The number of carbonyl (C=O) groups excluding carboxylic acids is 1. The summed E-state index contributed by atoms with van der Waals surface area (Å²) in [6, 6.07) is 10.2. The van der Waals surface area contributed by atoms with Crippen LogP contribution in [0.4, 0.5) is 0 Å². The Bertz CT molecular complexity index is 467. The van der Waals surface area contributed by atoms with Gasteiger partial charge < -0.3 is 4.74 Å². The molecule has 0 N–H and O–H groups in total. The molecule has 1 aromatic rings. The van der Waals surface area contributed by atoms with E-state index in [0.717, 1.165) is 6.08 Å². The molecule has 0 amide bonds. The summed E-state index contributed by atoms with van der Waals surface area (Å²) in [5, 5.41) is 0. The van der Waals surface area contributed by atoms with E-state index >= 15 is 0 Å². The molecule has 1 rings (SSSR count). The van der Waals surface area contributed by atoms with E-state index in [4.69, 9.17) is 0 Å². The minimum Gasteiger partial charge on any atom is -0.458 e. The summed E-state index contributed by atoms with van der Waals surface area (Å²) in [5.41, 5.74) is 1.21. The smallest absolute Gasteiger partial charge is 0.330 e. The molecule has 0 saturated heterocycles. The predicted molar refractivity (Wildman–Crippen MR) is 86.2 cm³/mol. The summed E-state index contributed by atoms with van der Waals surface area (Å²) in [7, 11) is 0. The molecule has 0 spiro atoms. The largest absolute Gasteiger partial charge is 0.458 e. The van der Waals surface area contributed by atoms with E-state index in [1.165, 1.54) is 11.6 Å². The van der Waals surface area contributed by atoms with Crippen LogP contribution in [0.15, 0.2) is 86.5 Å². The Balaban J connectivity index is 0.000000396. The highest BCUT2D eigenvalue weighted by Gasteiger charge is 1.88. The molecule has 0 aliphatic carbocycles. The fraction of sp³-hybridized carbons (Fsp3) is 0.0556. The summed E-state index contributed by atoms with van der Waals surface area (Å²) in [6.45, 7) is 10.4. The Hall–Kier alpha value is -2.61. The molecule has 0 unspecified atom stereocenters. The van der Waals surface area contributed by atoms with Gasteiger partial charge in [-0.15, -0.1) is 0 Å². The van der Waals surface area contributed by atoms with E-state index < -0.39 is 5.97 Å².